The van der Waals surface area contributed by atoms with Gasteiger partial charge in [-0.3, -0.25) is 0 Å². The zero-order valence-corrected chi connectivity index (χ0v) is 11.4. The summed E-state index contributed by atoms with van der Waals surface area (Å²) in [5, 5.41) is 4.91. The van der Waals surface area contributed by atoms with Gasteiger partial charge in [0, 0.05) is 12.1 Å². The zero-order chi connectivity index (χ0) is 15.5. The van der Waals surface area contributed by atoms with Crippen LogP contribution in [0.4, 0.5) is 23.7 Å². The fraction of sp³-hybridized carbons (Fsp3) is 0.500. The SMILES string of the molecule is N[C@@H]1CCCC[C@H]1NC(=O)Nc1ccccc1C(F)(F)F. The molecule has 4 nitrogen and oxygen atoms in total. The molecule has 1 aliphatic rings. The van der Waals surface area contributed by atoms with E-state index >= 15 is 0 Å². The Morgan fingerprint density at radius 3 is 2.52 bits per heavy atom. The highest BCUT2D eigenvalue weighted by Crippen LogP contribution is 2.34. The molecule has 0 aromatic heterocycles. The van der Waals surface area contributed by atoms with E-state index in [9.17, 15) is 18.0 Å². The average molecular weight is 301 g/mol. The van der Waals surface area contributed by atoms with Crippen molar-refractivity contribution in [3.05, 3.63) is 29.8 Å². The number of rotatable bonds is 2. The van der Waals surface area contributed by atoms with Crippen molar-refractivity contribution in [1.29, 1.82) is 0 Å². The predicted molar refractivity (Wildman–Crippen MR) is 73.8 cm³/mol. The van der Waals surface area contributed by atoms with Crippen molar-refractivity contribution in [2.75, 3.05) is 5.32 Å². The predicted octanol–water partition coefficient (Wildman–Crippen LogP) is 3.10. The molecule has 0 spiro atoms. The molecule has 1 aliphatic carbocycles. The monoisotopic (exact) mass is 301 g/mol. The Bertz CT molecular complexity index is 504. The molecule has 0 heterocycles. The maximum absolute atomic E-state index is 12.8. The van der Waals surface area contributed by atoms with E-state index in [1.165, 1.54) is 18.2 Å². The molecule has 4 N–H and O–H groups in total. The molecule has 0 unspecified atom stereocenters. The Balaban J connectivity index is 2.03. The maximum Gasteiger partial charge on any atom is 0.418 e. The highest BCUT2D eigenvalue weighted by atomic mass is 19.4. The number of urea groups is 1. The maximum atomic E-state index is 12.8. The summed E-state index contributed by atoms with van der Waals surface area (Å²) in [7, 11) is 0. The van der Waals surface area contributed by atoms with Gasteiger partial charge in [0.2, 0.25) is 0 Å². The van der Waals surface area contributed by atoms with Gasteiger partial charge in [0.05, 0.1) is 11.3 Å². The Hall–Kier alpha value is -1.76. The summed E-state index contributed by atoms with van der Waals surface area (Å²) in [6, 6.07) is 3.87. The van der Waals surface area contributed by atoms with Crippen molar-refractivity contribution >= 4 is 11.7 Å². The molecule has 1 aromatic rings. The lowest BCUT2D eigenvalue weighted by Gasteiger charge is -2.29. The number of anilines is 1. The van der Waals surface area contributed by atoms with Crippen LogP contribution in [0.5, 0.6) is 0 Å². The second-order valence-electron chi connectivity index (χ2n) is 5.20. The van der Waals surface area contributed by atoms with Gasteiger partial charge in [-0.2, -0.15) is 13.2 Å². The van der Waals surface area contributed by atoms with Crippen LogP contribution in [0.15, 0.2) is 24.3 Å². The van der Waals surface area contributed by atoms with Crippen molar-refractivity contribution in [3.63, 3.8) is 0 Å². The largest absolute Gasteiger partial charge is 0.418 e. The lowest BCUT2D eigenvalue weighted by molar-refractivity contribution is -0.136. The van der Waals surface area contributed by atoms with E-state index < -0.39 is 17.8 Å². The van der Waals surface area contributed by atoms with Crippen LogP contribution in [0.3, 0.4) is 0 Å². The summed E-state index contributed by atoms with van der Waals surface area (Å²) in [5.41, 5.74) is 4.77. The van der Waals surface area contributed by atoms with Crippen LogP contribution in [-0.4, -0.2) is 18.1 Å². The van der Waals surface area contributed by atoms with Crippen molar-refractivity contribution in [2.24, 2.45) is 5.73 Å². The van der Waals surface area contributed by atoms with E-state index in [0.717, 1.165) is 31.7 Å². The normalized spacial score (nSPS) is 22.7. The minimum atomic E-state index is -4.51. The van der Waals surface area contributed by atoms with Crippen LogP contribution in [-0.2, 0) is 6.18 Å². The van der Waals surface area contributed by atoms with Gasteiger partial charge in [-0.25, -0.2) is 4.79 Å². The molecule has 1 fully saturated rings. The number of hydrogen-bond donors (Lipinski definition) is 3. The Kier molecular flexibility index (Phi) is 4.72. The van der Waals surface area contributed by atoms with E-state index in [1.807, 2.05) is 0 Å². The van der Waals surface area contributed by atoms with Crippen LogP contribution in [0.1, 0.15) is 31.2 Å². The molecule has 21 heavy (non-hydrogen) atoms. The summed E-state index contributed by atoms with van der Waals surface area (Å²) in [6.45, 7) is 0. The van der Waals surface area contributed by atoms with Gasteiger partial charge < -0.3 is 16.4 Å². The Morgan fingerprint density at radius 2 is 1.86 bits per heavy atom. The minimum Gasteiger partial charge on any atom is -0.334 e. The second kappa shape index (κ2) is 6.34. The smallest absolute Gasteiger partial charge is 0.334 e. The van der Waals surface area contributed by atoms with Crippen LogP contribution < -0.4 is 16.4 Å². The molecule has 2 rings (SSSR count). The molecule has 1 aromatic carbocycles. The van der Waals surface area contributed by atoms with Crippen LogP contribution in [0.2, 0.25) is 0 Å². The second-order valence-corrected chi connectivity index (χ2v) is 5.20. The molecule has 7 heteroatoms. The third-order valence-corrected chi connectivity index (χ3v) is 3.62. The molecular formula is C14H18F3N3O. The van der Waals surface area contributed by atoms with Gasteiger partial charge in [-0.15, -0.1) is 0 Å². The Labute approximate surface area is 120 Å². The van der Waals surface area contributed by atoms with Gasteiger partial charge >= 0.3 is 12.2 Å². The fourth-order valence-corrected chi connectivity index (χ4v) is 2.50. The number of benzene rings is 1. The fourth-order valence-electron chi connectivity index (χ4n) is 2.50. The molecule has 0 radical (unpaired) electrons. The van der Waals surface area contributed by atoms with Gasteiger partial charge in [0.1, 0.15) is 0 Å². The third kappa shape index (κ3) is 4.10. The highest BCUT2D eigenvalue weighted by molar-refractivity contribution is 5.90. The van der Waals surface area contributed by atoms with Crippen molar-refractivity contribution < 1.29 is 18.0 Å². The molecule has 1 saturated carbocycles. The number of nitrogens with two attached hydrogens (primary N) is 1. The van der Waals surface area contributed by atoms with Gasteiger partial charge in [-0.1, -0.05) is 25.0 Å². The van der Waals surface area contributed by atoms with Gasteiger partial charge in [-0.05, 0) is 25.0 Å². The molecule has 0 saturated heterocycles. The Morgan fingerprint density at radius 1 is 1.19 bits per heavy atom. The standard InChI is InChI=1S/C14H18F3N3O/c15-14(16,17)9-5-1-3-7-11(9)19-13(21)20-12-8-4-2-6-10(12)18/h1,3,5,7,10,12H,2,4,6,8,18H2,(H2,19,20,21)/t10-,12-/m1/s1. The van der Waals surface area contributed by atoms with Gasteiger partial charge in [0.25, 0.3) is 0 Å². The van der Waals surface area contributed by atoms with E-state index in [1.54, 1.807) is 0 Å². The van der Waals surface area contributed by atoms with Crippen molar-refractivity contribution in [3.8, 4) is 0 Å². The molecule has 0 aliphatic heterocycles. The number of alkyl halides is 3. The molecule has 116 valence electrons. The zero-order valence-electron chi connectivity index (χ0n) is 11.4. The first kappa shape index (κ1) is 15.6. The summed E-state index contributed by atoms with van der Waals surface area (Å²) >= 11 is 0. The van der Waals surface area contributed by atoms with Crippen LogP contribution in [0.25, 0.3) is 0 Å². The van der Waals surface area contributed by atoms with E-state index in [-0.39, 0.29) is 17.8 Å². The summed E-state index contributed by atoms with van der Waals surface area (Å²) in [4.78, 5) is 11.9. The highest BCUT2D eigenvalue weighted by Gasteiger charge is 2.33. The summed E-state index contributed by atoms with van der Waals surface area (Å²) in [5.74, 6) is 0. The van der Waals surface area contributed by atoms with E-state index in [2.05, 4.69) is 10.6 Å². The number of nitrogens with one attached hydrogen (secondary N) is 2. The van der Waals surface area contributed by atoms with E-state index in [4.69, 9.17) is 5.73 Å². The van der Waals surface area contributed by atoms with Gasteiger partial charge in [0.15, 0.2) is 0 Å². The average Bonchev–Trinajstić information content (AvgIpc) is 2.41. The first-order valence-electron chi connectivity index (χ1n) is 6.87. The van der Waals surface area contributed by atoms with E-state index in [0.29, 0.717) is 0 Å². The summed E-state index contributed by atoms with van der Waals surface area (Å²) in [6.07, 6.45) is -0.986. The van der Waals surface area contributed by atoms with Crippen LogP contribution >= 0.6 is 0 Å². The molecule has 0 bridgehead atoms. The molecule has 2 atom stereocenters. The number of carbonyl (C=O) groups is 1. The first-order chi connectivity index (χ1) is 9.88. The quantitative estimate of drug-likeness (QED) is 0.785. The van der Waals surface area contributed by atoms with Crippen LogP contribution in [0, 0.1) is 0 Å². The number of carbonyl (C=O) groups excluding carboxylic acids is 1. The third-order valence-electron chi connectivity index (χ3n) is 3.62. The first-order valence-corrected chi connectivity index (χ1v) is 6.87. The number of hydrogen-bond acceptors (Lipinski definition) is 2. The molecule has 2 amide bonds. The number of halogens is 3. The van der Waals surface area contributed by atoms with Crippen molar-refractivity contribution in [2.45, 2.75) is 43.9 Å². The number of para-hydroxylation sites is 1. The number of amides is 2. The lowest BCUT2D eigenvalue weighted by Crippen LogP contribution is -2.50. The topological polar surface area (TPSA) is 67.1 Å². The van der Waals surface area contributed by atoms with Crippen molar-refractivity contribution in [1.82, 2.24) is 5.32 Å². The lowest BCUT2D eigenvalue weighted by atomic mass is 9.91. The minimum absolute atomic E-state index is 0.151. The molecular weight excluding hydrogens is 283 g/mol. The summed E-state index contributed by atoms with van der Waals surface area (Å²) < 4.78 is 38.5.